The molecule has 2 fully saturated rings. The maximum absolute atomic E-state index is 12.8. The van der Waals surface area contributed by atoms with Gasteiger partial charge in [-0.15, -0.1) is 11.3 Å². The van der Waals surface area contributed by atoms with Crippen LogP contribution >= 0.6 is 11.3 Å². The standard InChI is InChI=1S/C21H24N4O3S/c1-13-6-7-15(10-14(13)2)16-12-29-19(22-16)23-17(26)11-25-18(27)21(24-20(25)28)8-4-3-5-9-21/h6-7,10,12H,3-5,8-9,11H2,1-2H3,(H,24,28)(H,22,23,26). The summed E-state index contributed by atoms with van der Waals surface area (Å²) in [6, 6.07) is 5.62. The van der Waals surface area contributed by atoms with Gasteiger partial charge in [0.2, 0.25) is 5.91 Å². The number of urea groups is 1. The van der Waals surface area contributed by atoms with E-state index in [1.54, 1.807) is 0 Å². The highest BCUT2D eigenvalue weighted by Crippen LogP contribution is 2.33. The molecule has 0 atom stereocenters. The van der Waals surface area contributed by atoms with Gasteiger partial charge in [-0.1, -0.05) is 31.4 Å². The molecule has 1 aliphatic carbocycles. The summed E-state index contributed by atoms with van der Waals surface area (Å²) in [4.78, 5) is 43.0. The second kappa shape index (κ2) is 7.59. The van der Waals surface area contributed by atoms with Crippen molar-refractivity contribution >= 4 is 34.3 Å². The van der Waals surface area contributed by atoms with Crippen LogP contribution in [0.1, 0.15) is 43.2 Å². The summed E-state index contributed by atoms with van der Waals surface area (Å²) in [5.41, 5.74) is 3.34. The first-order chi connectivity index (χ1) is 13.9. The van der Waals surface area contributed by atoms with E-state index in [1.807, 2.05) is 24.4 Å². The molecule has 152 valence electrons. The van der Waals surface area contributed by atoms with Gasteiger partial charge in [-0.2, -0.15) is 0 Å². The SMILES string of the molecule is Cc1ccc(-c2csc(NC(=O)CN3C(=O)NC4(CCCCC4)C3=O)n2)cc1C. The van der Waals surface area contributed by atoms with Crippen LogP contribution in [-0.2, 0) is 9.59 Å². The van der Waals surface area contributed by atoms with Crippen LogP contribution in [0, 0.1) is 13.8 Å². The summed E-state index contributed by atoms with van der Waals surface area (Å²) in [5.74, 6) is -0.713. The Hall–Kier alpha value is -2.74. The molecule has 2 aromatic rings. The number of anilines is 1. The van der Waals surface area contributed by atoms with Crippen molar-refractivity contribution in [3.8, 4) is 11.3 Å². The van der Waals surface area contributed by atoms with E-state index in [0.29, 0.717) is 18.0 Å². The first-order valence-electron chi connectivity index (χ1n) is 9.85. The third-order valence-corrected chi connectivity index (χ3v) is 6.57. The van der Waals surface area contributed by atoms with Gasteiger partial charge in [-0.05, 0) is 43.9 Å². The Bertz CT molecular complexity index is 978. The molecule has 4 rings (SSSR count). The van der Waals surface area contributed by atoms with Crippen LogP contribution in [-0.4, -0.2) is 39.8 Å². The molecule has 1 saturated carbocycles. The topological polar surface area (TPSA) is 91.4 Å². The Morgan fingerprint density at radius 1 is 1.21 bits per heavy atom. The Kier molecular flexibility index (Phi) is 5.12. The molecular formula is C21H24N4O3S. The number of nitrogens with zero attached hydrogens (tertiary/aromatic N) is 2. The predicted molar refractivity (Wildman–Crippen MR) is 112 cm³/mol. The fourth-order valence-electron chi connectivity index (χ4n) is 3.98. The van der Waals surface area contributed by atoms with Gasteiger partial charge in [-0.25, -0.2) is 9.78 Å². The highest BCUT2D eigenvalue weighted by Gasteiger charge is 2.51. The number of thiazole rings is 1. The molecule has 0 unspecified atom stereocenters. The minimum absolute atomic E-state index is 0.285. The number of carbonyl (C=O) groups is 3. The van der Waals surface area contributed by atoms with Crippen LogP contribution < -0.4 is 10.6 Å². The summed E-state index contributed by atoms with van der Waals surface area (Å²) in [6.45, 7) is 3.80. The largest absolute Gasteiger partial charge is 0.325 e. The van der Waals surface area contributed by atoms with Gasteiger partial charge in [0.15, 0.2) is 5.13 Å². The molecule has 1 aromatic heterocycles. The first-order valence-corrected chi connectivity index (χ1v) is 10.7. The summed E-state index contributed by atoms with van der Waals surface area (Å²) in [7, 11) is 0. The third-order valence-electron chi connectivity index (χ3n) is 5.81. The van der Waals surface area contributed by atoms with E-state index < -0.39 is 17.5 Å². The lowest BCUT2D eigenvalue weighted by Crippen LogP contribution is -2.48. The number of benzene rings is 1. The molecule has 2 heterocycles. The Balaban J connectivity index is 1.41. The predicted octanol–water partition coefficient (Wildman–Crippen LogP) is 3.62. The van der Waals surface area contributed by atoms with Gasteiger partial charge in [0.25, 0.3) is 5.91 Å². The summed E-state index contributed by atoms with van der Waals surface area (Å²) in [6.07, 6.45) is 4.17. The lowest BCUT2D eigenvalue weighted by Gasteiger charge is -2.30. The quantitative estimate of drug-likeness (QED) is 0.751. The number of aryl methyl sites for hydroxylation is 2. The number of imide groups is 1. The normalized spacial score (nSPS) is 18.2. The number of nitrogens with one attached hydrogen (secondary N) is 2. The summed E-state index contributed by atoms with van der Waals surface area (Å²) in [5, 5.41) is 7.86. The van der Waals surface area contributed by atoms with E-state index in [2.05, 4.69) is 28.6 Å². The van der Waals surface area contributed by atoms with Gasteiger partial charge in [0.05, 0.1) is 5.69 Å². The van der Waals surface area contributed by atoms with Crippen LogP contribution in [0.4, 0.5) is 9.93 Å². The second-order valence-corrected chi connectivity index (χ2v) is 8.71. The lowest BCUT2D eigenvalue weighted by atomic mass is 9.82. The number of aromatic nitrogens is 1. The molecular weight excluding hydrogens is 388 g/mol. The van der Waals surface area contributed by atoms with Crippen molar-refractivity contribution in [2.45, 2.75) is 51.5 Å². The molecule has 1 saturated heterocycles. The van der Waals surface area contributed by atoms with Crippen molar-refractivity contribution in [3.05, 3.63) is 34.7 Å². The van der Waals surface area contributed by atoms with E-state index in [-0.39, 0.29) is 12.5 Å². The summed E-state index contributed by atoms with van der Waals surface area (Å²) >= 11 is 1.32. The zero-order chi connectivity index (χ0) is 20.6. The van der Waals surface area contributed by atoms with Gasteiger partial charge in [0.1, 0.15) is 12.1 Å². The molecule has 2 N–H and O–H groups in total. The van der Waals surface area contributed by atoms with Crippen LogP contribution in [0.15, 0.2) is 23.6 Å². The molecule has 1 spiro atoms. The molecule has 2 aliphatic rings. The van der Waals surface area contributed by atoms with E-state index in [1.165, 1.54) is 22.5 Å². The monoisotopic (exact) mass is 412 g/mol. The number of amides is 4. The van der Waals surface area contributed by atoms with Crippen LogP contribution in [0.25, 0.3) is 11.3 Å². The van der Waals surface area contributed by atoms with Crippen molar-refractivity contribution in [1.29, 1.82) is 0 Å². The van der Waals surface area contributed by atoms with Crippen LogP contribution in [0.2, 0.25) is 0 Å². The molecule has 8 heteroatoms. The second-order valence-electron chi connectivity index (χ2n) is 7.85. The fraction of sp³-hybridized carbons (Fsp3) is 0.429. The maximum Gasteiger partial charge on any atom is 0.325 e. The van der Waals surface area contributed by atoms with E-state index in [4.69, 9.17) is 0 Å². The van der Waals surface area contributed by atoms with Gasteiger partial charge >= 0.3 is 6.03 Å². The van der Waals surface area contributed by atoms with E-state index in [9.17, 15) is 14.4 Å². The van der Waals surface area contributed by atoms with E-state index in [0.717, 1.165) is 35.4 Å². The average Bonchev–Trinajstić information content (AvgIpc) is 3.24. The first kappa shape index (κ1) is 19.6. The minimum Gasteiger partial charge on any atom is -0.323 e. The minimum atomic E-state index is -0.812. The summed E-state index contributed by atoms with van der Waals surface area (Å²) < 4.78 is 0. The average molecular weight is 413 g/mol. The van der Waals surface area contributed by atoms with Crippen LogP contribution in [0.3, 0.4) is 0 Å². The maximum atomic E-state index is 12.8. The zero-order valence-electron chi connectivity index (χ0n) is 16.6. The highest BCUT2D eigenvalue weighted by molar-refractivity contribution is 7.14. The zero-order valence-corrected chi connectivity index (χ0v) is 17.4. The molecule has 0 bridgehead atoms. The Labute approximate surface area is 173 Å². The molecule has 1 aromatic carbocycles. The van der Waals surface area contributed by atoms with Gasteiger partial charge in [-0.3, -0.25) is 14.5 Å². The molecule has 1 aliphatic heterocycles. The van der Waals surface area contributed by atoms with Crippen molar-refractivity contribution in [2.24, 2.45) is 0 Å². The number of hydrogen-bond acceptors (Lipinski definition) is 5. The van der Waals surface area contributed by atoms with Crippen molar-refractivity contribution < 1.29 is 14.4 Å². The molecule has 0 radical (unpaired) electrons. The smallest absolute Gasteiger partial charge is 0.323 e. The number of rotatable bonds is 4. The molecule has 7 nitrogen and oxygen atoms in total. The molecule has 29 heavy (non-hydrogen) atoms. The third kappa shape index (κ3) is 3.76. The van der Waals surface area contributed by atoms with Crippen molar-refractivity contribution in [2.75, 3.05) is 11.9 Å². The highest BCUT2D eigenvalue weighted by atomic mass is 32.1. The van der Waals surface area contributed by atoms with Crippen LogP contribution in [0.5, 0.6) is 0 Å². The van der Waals surface area contributed by atoms with Gasteiger partial charge < -0.3 is 10.6 Å². The Morgan fingerprint density at radius 3 is 2.69 bits per heavy atom. The van der Waals surface area contributed by atoms with E-state index >= 15 is 0 Å². The lowest BCUT2D eigenvalue weighted by molar-refractivity contribution is -0.134. The van der Waals surface area contributed by atoms with Crippen molar-refractivity contribution in [1.82, 2.24) is 15.2 Å². The fourth-order valence-corrected chi connectivity index (χ4v) is 4.72. The van der Waals surface area contributed by atoms with Crippen molar-refractivity contribution in [3.63, 3.8) is 0 Å². The van der Waals surface area contributed by atoms with Gasteiger partial charge in [0, 0.05) is 10.9 Å². The number of hydrogen-bond donors (Lipinski definition) is 2. The Morgan fingerprint density at radius 2 is 1.97 bits per heavy atom. The molecule has 4 amide bonds. The number of carbonyl (C=O) groups excluding carboxylic acids is 3.